The Morgan fingerprint density at radius 1 is 1.09 bits per heavy atom. The van der Waals surface area contributed by atoms with Crippen LogP contribution in [-0.4, -0.2) is 20.6 Å². The van der Waals surface area contributed by atoms with Crippen molar-refractivity contribution in [1.82, 2.24) is 0 Å². The highest BCUT2D eigenvalue weighted by Gasteiger charge is 2.02. The van der Waals surface area contributed by atoms with E-state index in [0.29, 0.717) is 11.4 Å². The van der Waals surface area contributed by atoms with Crippen molar-refractivity contribution in [1.29, 1.82) is 0 Å². The average molecular weight is 395 g/mol. The summed E-state index contributed by atoms with van der Waals surface area (Å²) in [5, 5.41) is 2.70. The third kappa shape index (κ3) is 6.25. The number of sulfonamides is 1. The van der Waals surface area contributed by atoms with Crippen LogP contribution >= 0.6 is 15.9 Å². The molecule has 0 aliphatic carbocycles. The molecule has 7 heteroatoms. The average Bonchev–Trinajstić information content (AvgIpc) is 2.46. The van der Waals surface area contributed by atoms with E-state index in [2.05, 4.69) is 26.0 Å². The lowest BCUT2D eigenvalue weighted by Crippen LogP contribution is -2.10. The van der Waals surface area contributed by atoms with E-state index in [0.717, 1.165) is 16.3 Å². The molecule has 0 atom stereocenters. The summed E-state index contributed by atoms with van der Waals surface area (Å²) < 4.78 is 25.5. The van der Waals surface area contributed by atoms with E-state index in [1.807, 2.05) is 24.3 Å². The normalized spacial score (nSPS) is 11.4. The van der Waals surface area contributed by atoms with Gasteiger partial charge in [0.25, 0.3) is 0 Å². The number of nitrogens with one attached hydrogen (secondary N) is 2. The second kappa shape index (κ2) is 7.43. The zero-order chi connectivity index (χ0) is 16.9. The maximum Gasteiger partial charge on any atom is 0.248 e. The Bertz CT molecular complexity index is 831. The number of halogens is 1. The molecule has 120 valence electrons. The van der Waals surface area contributed by atoms with E-state index in [1.165, 1.54) is 6.08 Å². The van der Waals surface area contributed by atoms with Crippen LogP contribution < -0.4 is 10.0 Å². The van der Waals surface area contributed by atoms with E-state index >= 15 is 0 Å². The van der Waals surface area contributed by atoms with Gasteiger partial charge in [0.05, 0.1) is 6.26 Å². The van der Waals surface area contributed by atoms with E-state index in [4.69, 9.17) is 0 Å². The molecular formula is C16H15BrN2O3S. The molecule has 0 aliphatic rings. The maximum atomic E-state index is 11.9. The van der Waals surface area contributed by atoms with Crippen molar-refractivity contribution in [3.63, 3.8) is 0 Å². The largest absolute Gasteiger partial charge is 0.323 e. The summed E-state index contributed by atoms with van der Waals surface area (Å²) in [6, 6.07) is 14.0. The number of benzene rings is 2. The summed E-state index contributed by atoms with van der Waals surface area (Å²) in [6.45, 7) is 0. The van der Waals surface area contributed by atoms with Crippen molar-refractivity contribution in [3.8, 4) is 0 Å². The minimum atomic E-state index is -3.31. The molecule has 0 saturated carbocycles. The molecule has 0 bridgehead atoms. The number of carbonyl (C=O) groups is 1. The minimum absolute atomic E-state index is 0.270. The summed E-state index contributed by atoms with van der Waals surface area (Å²) in [5.41, 5.74) is 1.92. The van der Waals surface area contributed by atoms with Crippen LogP contribution in [0.5, 0.6) is 0 Å². The molecule has 2 aromatic rings. The highest BCUT2D eigenvalue weighted by Crippen LogP contribution is 2.15. The Kier molecular flexibility index (Phi) is 5.57. The van der Waals surface area contributed by atoms with E-state index in [9.17, 15) is 13.2 Å². The molecule has 5 nitrogen and oxygen atoms in total. The second-order valence-electron chi connectivity index (χ2n) is 4.83. The summed E-state index contributed by atoms with van der Waals surface area (Å²) >= 11 is 3.37. The summed E-state index contributed by atoms with van der Waals surface area (Å²) in [7, 11) is -3.31. The van der Waals surface area contributed by atoms with E-state index in [-0.39, 0.29) is 5.91 Å². The number of anilines is 2. The molecule has 0 aromatic heterocycles. The molecular weight excluding hydrogens is 380 g/mol. The summed E-state index contributed by atoms with van der Waals surface area (Å²) in [6.07, 6.45) is 4.22. The number of hydrogen-bond donors (Lipinski definition) is 2. The zero-order valence-corrected chi connectivity index (χ0v) is 14.7. The predicted molar refractivity (Wildman–Crippen MR) is 96.7 cm³/mol. The van der Waals surface area contributed by atoms with Gasteiger partial charge in [0.2, 0.25) is 15.9 Å². The van der Waals surface area contributed by atoms with Crippen LogP contribution in [0.4, 0.5) is 11.4 Å². The van der Waals surface area contributed by atoms with Crippen LogP contribution in [0.25, 0.3) is 6.08 Å². The lowest BCUT2D eigenvalue weighted by atomic mass is 10.2. The summed E-state index contributed by atoms with van der Waals surface area (Å²) in [4.78, 5) is 11.9. The molecule has 0 saturated heterocycles. The van der Waals surface area contributed by atoms with Gasteiger partial charge in [-0.3, -0.25) is 9.52 Å². The lowest BCUT2D eigenvalue weighted by Gasteiger charge is -2.06. The quantitative estimate of drug-likeness (QED) is 0.762. The Labute approximate surface area is 143 Å². The van der Waals surface area contributed by atoms with Gasteiger partial charge in [-0.1, -0.05) is 28.1 Å². The predicted octanol–water partition coefficient (Wildman–Crippen LogP) is 3.47. The Balaban J connectivity index is 1.97. The first-order chi connectivity index (χ1) is 10.8. The van der Waals surface area contributed by atoms with Gasteiger partial charge in [-0.15, -0.1) is 0 Å². The first-order valence-electron chi connectivity index (χ1n) is 6.64. The van der Waals surface area contributed by atoms with Crippen molar-refractivity contribution in [3.05, 3.63) is 64.6 Å². The van der Waals surface area contributed by atoms with Crippen LogP contribution in [0.15, 0.2) is 59.1 Å². The minimum Gasteiger partial charge on any atom is -0.323 e. The van der Waals surface area contributed by atoms with Gasteiger partial charge in [-0.25, -0.2) is 8.42 Å². The van der Waals surface area contributed by atoms with Crippen LogP contribution in [0.2, 0.25) is 0 Å². The van der Waals surface area contributed by atoms with Gasteiger partial charge in [-0.05, 0) is 48.0 Å². The molecule has 0 unspecified atom stereocenters. The fourth-order valence-corrected chi connectivity index (χ4v) is 2.78. The second-order valence-corrected chi connectivity index (χ2v) is 7.49. The van der Waals surface area contributed by atoms with Gasteiger partial charge in [0.15, 0.2) is 0 Å². The van der Waals surface area contributed by atoms with Crippen molar-refractivity contribution in [2.24, 2.45) is 0 Å². The molecule has 2 aromatic carbocycles. The molecule has 0 radical (unpaired) electrons. The SMILES string of the molecule is CS(=O)(=O)Nc1ccc(NC(=O)/C=C/c2cccc(Br)c2)cc1. The van der Waals surface area contributed by atoms with E-state index in [1.54, 1.807) is 30.3 Å². The number of rotatable bonds is 5. The monoisotopic (exact) mass is 394 g/mol. The van der Waals surface area contributed by atoms with Gasteiger partial charge in [0.1, 0.15) is 0 Å². The standard InChI is InChI=1S/C16H15BrN2O3S/c1-23(21,22)19-15-8-6-14(7-9-15)18-16(20)10-5-12-3-2-4-13(17)11-12/h2-11,19H,1H3,(H,18,20)/b10-5+. The number of hydrogen-bond acceptors (Lipinski definition) is 3. The smallest absolute Gasteiger partial charge is 0.248 e. The van der Waals surface area contributed by atoms with Gasteiger partial charge in [0, 0.05) is 21.9 Å². The molecule has 2 N–H and O–H groups in total. The fraction of sp³-hybridized carbons (Fsp3) is 0.0625. The van der Waals surface area contributed by atoms with Crippen LogP contribution in [0.3, 0.4) is 0 Å². The van der Waals surface area contributed by atoms with Gasteiger partial charge in [-0.2, -0.15) is 0 Å². The molecule has 0 heterocycles. The van der Waals surface area contributed by atoms with Crippen molar-refractivity contribution in [2.45, 2.75) is 0 Å². The Hall–Kier alpha value is -2.12. The van der Waals surface area contributed by atoms with Gasteiger partial charge >= 0.3 is 0 Å². The lowest BCUT2D eigenvalue weighted by molar-refractivity contribution is -0.111. The molecule has 0 aliphatic heterocycles. The Morgan fingerprint density at radius 3 is 2.35 bits per heavy atom. The highest BCUT2D eigenvalue weighted by molar-refractivity contribution is 9.10. The van der Waals surface area contributed by atoms with Crippen molar-refractivity contribution in [2.75, 3.05) is 16.3 Å². The van der Waals surface area contributed by atoms with E-state index < -0.39 is 10.0 Å². The highest BCUT2D eigenvalue weighted by atomic mass is 79.9. The first kappa shape index (κ1) is 17.2. The van der Waals surface area contributed by atoms with Crippen LogP contribution in [0.1, 0.15) is 5.56 Å². The maximum absolute atomic E-state index is 11.9. The molecule has 0 fully saturated rings. The first-order valence-corrected chi connectivity index (χ1v) is 9.33. The summed E-state index contributed by atoms with van der Waals surface area (Å²) in [5.74, 6) is -0.270. The number of carbonyl (C=O) groups excluding carboxylic acids is 1. The zero-order valence-electron chi connectivity index (χ0n) is 12.3. The molecule has 0 spiro atoms. The van der Waals surface area contributed by atoms with Gasteiger partial charge < -0.3 is 5.32 Å². The molecule has 2 rings (SSSR count). The van der Waals surface area contributed by atoms with Crippen molar-refractivity contribution >= 4 is 49.3 Å². The third-order valence-corrected chi connectivity index (χ3v) is 3.83. The third-order valence-electron chi connectivity index (χ3n) is 2.73. The topological polar surface area (TPSA) is 75.3 Å². The van der Waals surface area contributed by atoms with Crippen molar-refractivity contribution < 1.29 is 13.2 Å². The molecule has 1 amide bonds. The Morgan fingerprint density at radius 2 is 1.74 bits per heavy atom. The van der Waals surface area contributed by atoms with Crippen LogP contribution in [0, 0.1) is 0 Å². The fourth-order valence-electron chi connectivity index (χ4n) is 1.80. The molecule has 23 heavy (non-hydrogen) atoms. The van der Waals surface area contributed by atoms with Crippen LogP contribution in [-0.2, 0) is 14.8 Å². The number of amides is 1.